The molecule has 0 aromatic carbocycles. The maximum atomic E-state index is 2.62. The van der Waals surface area contributed by atoms with Crippen LogP contribution >= 0.6 is 0 Å². The summed E-state index contributed by atoms with van der Waals surface area (Å²) in [6.45, 7) is 4.90. The fraction of sp³-hybridized carbons (Fsp3) is 0.643. The zero-order chi connectivity index (χ0) is 11.8. The minimum Gasteiger partial charge on any atom is -0.265 e. The van der Waals surface area contributed by atoms with Crippen LogP contribution in [0.1, 0.15) is 26.2 Å². The van der Waals surface area contributed by atoms with Crippen LogP contribution < -0.4 is 9.47 Å². The minimum absolute atomic E-state index is 0.546. The van der Waals surface area contributed by atoms with Crippen molar-refractivity contribution in [3.05, 3.63) is 24.4 Å². The Bertz CT molecular complexity index is 398. The number of rotatable bonds is 1. The molecule has 0 aliphatic carbocycles. The molecule has 4 heterocycles. The SMILES string of the molecule is CC1N2CCCC(CC2)N1c1cccc[n+]1C. The second-order valence-electron chi connectivity index (χ2n) is 5.33. The van der Waals surface area contributed by atoms with E-state index in [-0.39, 0.29) is 0 Å². The molecule has 0 N–H and O–H groups in total. The highest BCUT2D eigenvalue weighted by atomic mass is 15.4. The summed E-state index contributed by atoms with van der Waals surface area (Å²) in [7, 11) is 2.15. The lowest BCUT2D eigenvalue weighted by atomic mass is 10.1. The van der Waals surface area contributed by atoms with Crippen LogP contribution in [0, 0.1) is 0 Å². The Morgan fingerprint density at radius 1 is 1.24 bits per heavy atom. The van der Waals surface area contributed by atoms with Crippen molar-refractivity contribution in [2.24, 2.45) is 7.05 Å². The van der Waals surface area contributed by atoms with E-state index in [0.717, 1.165) is 6.04 Å². The van der Waals surface area contributed by atoms with Crippen LogP contribution in [0.2, 0.25) is 0 Å². The summed E-state index contributed by atoms with van der Waals surface area (Å²) in [5.74, 6) is 1.36. The number of aromatic nitrogens is 1. The van der Waals surface area contributed by atoms with Gasteiger partial charge < -0.3 is 0 Å². The van der Waals surface area contributed by atoms with Crippen molar-refractivity contribution in [3.8, 4) is 0 Å². The van der Waals surface area contributed by atoms with Crippen LogP contribution in [0.25, 0.3) is 0 Å². The minimum atomic E-state index is 0.546. The van der Waals surface area contributed by atoms with E-state index in [1.54, 1.807) is 0 Å². The Balaban J connectivity index is 1.99. The van der Waals surface area contributed by atoms with Gasteiger partial charge in [-0.1, -0.05) is 6.07 Å². The van der Waals surface area contributed by atoms with Crippen LogP contribution in [0.4, 0.5) is 5.82 Å². The van der Waals surface area contributed by atoms with Crippen LogP contribution in [0.15, 0.2) is 24.4 Å². The van der Waals surface area contributed by atoms with Gasteiger partial charge in [0.15, 0.2) is 0 Å². The van der Waals surface area contributed by atoms with E-state index in [1.807, 2.05) is 0 Å². The highest BCUT2D eigenvalue weighted by Gasteiger charge is 2.41. The third kappa shape index (κ3) is 1.82. The van der Waals surface area contributed by atoms with Gasteiger partial charge in [0.1, 0.15) is 6.17 Å². The molecule has 17 heavy (non-hydrogen) atoms. The molecule has 0 saturated carbocycles. The van der Waals surface area contributed by atoms with Gasteiger partial charge in [0.2, 0.25) is 0 Å². The van der Waals surface area contributed by atoms with Crippen molar-refractivity contribution in [1.29, 1.82) is 0 Å². The summed E-state index contributed by atoms with van der Waals surface area (Å²) < 4.78 is 2.25. The first-order chi connectivity index (χ1) is 8.27. The normalized spacial score (nSPS) is 32.6. The smallest absolute Gasteiger partial charge is 0.265 e. The van der Waals surface area contributed by atoms with E-state index in [0.29, 0.717) is 6.17 Å². The molecule has 0 spiro atoms. The topological polar surface area (TPSA) is 10.4 Å². The lowest BCUT2D eigenvalue weighted by molar-refractivity contribution is -0.659. The van der Waals surface area contributed by atoms with Crippen molar-refractivity contribution < 1.29 is 4.57 Å². The summed E-state index contributed by atoms with van der Waals surface area (Å²) in [6, 6.07) is 7.23. The van der Waals surface area contributed by atoms with Crippen molar-refractivity contribution in [3.63, 3.8) is 0 Å². The quantitative estimate of drug-likeness (QED) is 0.680. The summed E-state index contributed by atoms with van der Waals surface area (Å²) >= 11 is 0. The first kappa shape index (κ1) is 11.0. The van der Waals surface area contributed by atoms with Crippen molar-refractivity contribution >= 4 is 5.82 Å². The number of hydrogen-bond acceptors (Lipinski definition) is 2. The van der Waals surface area contributed by atoms with E-state index in [4.69, 9.17) is 0 Å². The summed E-state index contributed by atoms with van der Waals surface area (Å²) in [5.41, 5.74) is 0. The molecule has 3 heteroatoms. The van der Waals surface area contributed by atoms with Crippen LogP contribution in [0.5, 0.6) is 0 Å². The van der Waals surface area contributed by atoms with E-state index in [9.17, 15) is 0 Å². The van der Waals surface area contributed by atoms with Crippen molar-refractivity contribution in [1.82, 2.24) is 4.90 Å². The number of anilines is 1. The van der Waals surface area contributed by atoms with Crippen LogP contribution in [-0.4, -0.2) is 30.2 Å². The predicted octanol–water partition coefficient (Wildman–Crippen LogP) is 1.53. The Morgan fingerprint density at radius 3 is 2.94 bits per heavy atom. The van der Waals surface area contributed by atoms with Gasteiger partial charge in [-0.15, -0.1) is 0 Å². The van der Waals surface area contributed by atoms with E-state index >= 15 is 0 Å². The Labute approximate surface area is 104 Å². The van der Waals surface area contributed by atoms with Crippen molar-refractivity contribution in [2.45, 2.75) is 38.4 Å². The molecule has 3 fully saturated rings. The van der Waals surface area contributed by atoms with Gasteiger partial charge in [0.05, 0.1) is 19.3 Å². The molecule has 3 aliphatic rings. The molecule has 92 valence electrons. The molecule has 1 aromatic rings. The van der Waals surface area contributed by atoms with Gasteiger partial charge in [-0.2, -0.15) is 0 Å². The summed E-state index contributed by atoms with van der Waals surface area (Å²) in [6.07, 6.45) is 6.71. The highest BCUT2D eigenvalue weighted by molar-refractivity contribution is 5.36. The number of aryl methyl sites for hydroxylation is 1. The second kappa shape index (κ2) is 4.30. The Hall–Kier alpha value is -1.09. The summed E-state index contributed by atoms with van der Waals surface area (Å²) in [4.78, 5) is 5.24. The highest BCUT2D eigenvalue weighted by Crippen LogP contribution is 2.30. The van der Waals surface area contributed by atoms with Gasteiger partial charge >= 0.3 is 0 Å². The van der Waals surface area contributed by atoms with Crippen LogP contribution in [0.3, 0.4) is 0 Å². The molecule has 1 aromatic heterocycles. The number of pyridine rings is 1. The molecule has 4 rings (SSSR count). The molecule has 3 saturated heterocycles. The third-order valence-electron chi connectivity index (χ3n) is 4.35. The standard InChI is InChI=1S/C14H22N3/c1-12-16-10-5-6-13(8-11-16)17(12)14-7-3-4-9-15(14)2/h3-4,7,9,12-13H,5-6,8,10-11H2,1-2H3/q+1. The van der Waals surface area contributed by atoms with E-state index < -0.39 is 0 Å². The predicted molar refractivity (Wildman–Crippen MR) is 68.8 cm³/mol. The lowest BCUT2D eigenvalue weighted by Gasteiger charge is -2.40. The van der Waals surface area contributed by atoms with E-state index in [1.165, 1.54) is 38.2 Å². The molecule has 2 bridgehead atoms. The zero-order valence-electron chi connectivity index (χ0n) is 10.8. The third-order valence-corrected chi connectivity index (χ3v) is 4.35. The Morgan fingerprint density at radius 2 is 2.12 bits per heavy atom. The fourth-order valence-electron chi connectivity index (χ4n) is 3.39. The first-order valence-corrected chi connectivity index (χ1v) is 6.74. The molecule has 3 atom stereocenters. The maximum Gasteiger partial charge on any atom is 0.277 e. The monoisotopic (exact) mass is 232 g/mol. The van der Waals surface area contributed by atoms with Gasteiger partial charge in [0, 0.05) is 25.6 Å². The fourth-order valence-corrected chi connectivity index (χ4v) is 3.39. The Kier molecular flexibility index (Phi) is 2.79. The number of fused-ring (bicyclic) bond motifs is 4. The lowest BCUT2D eigenvalue weighted by Crippen LogP contribution is -2.58. The van der Waals surface area contributed by atoms with Crippen molar-refractivity contribution in [2.75, 3.05) is 18.0 Å². The second-order valence-corrected chi connectivity index (χ2v) is 5.33. The summed E-state index contributed by atoms with van der Waals surface area (Å²) in [5, 5.41) is 0. The molecule has 0 amide bonds. The van der Waals surface area contributed by atoms with Gasteiger partial charge in [-0.25, -0.2) is 9.47 Å². The molecular weight excluding hydrogens is 210 g/mol. The molecular formula is C14H22N3+. The van der Waals surface area contributed by atoms with E-state index in [2.05, 4.69) is 52.7 Å². The first-order valence-electron chi connectivity index (χ1n) is 6.74. The molecule has 3 aliphatic heterocycles. The number of nitrogens with zero attached hydrogens (tertiary/aromatic N) is 3. The zero-order valence-corrected chi connectivity index (χ0v) is 10.8. The van der Waals surface area contributed by atoms with Gasteiger partial charge in [-0.05, 0) is 25.8 Å². The van der Waals surface area contributed by atoms with Crippen LogP contribution in [-0.2, 0) is 7.05 Å². The average molecular weight is 232 g/mol. The van der Waals surface area contributed by atoms with Gasteiger partial charge in [-0.3, -0.25) is 4.90 Å². The van der Waals surface area contributed by atoms with Gasteiger partial charge in [0.25, 0.3) is 5.82 Å². The molecule has 3 nitrogen and oxygen atoms in total. The molecule has 3 unspecified atom stereocenters. The average Bonchev–Trinajstić information content (AvgIpc) is 2.64. The largest absolute Gasteiger partial charge is 0.277 e. The molecule has 0 radical (unpaired) electrons. The number of hydrogen-bond donors (Lipinski definition) is 0. The maximum absolute atomic E-state index is 2.62.